The topological polar surface area (TPSA) is 72.8 Å². The van der Waals surface area contributed by atoms with E-state index in [1.165, 1.54) is 11.3 Å². The highest BCUT2D eigenvalue weighted by molar-refractivity contribution is 5.98. The fourth-order valence-electron chi connectivity index (χ4n) is 3.77. The molecule has 0 N–H and O–H groups in total. The molecule has 31 heavy (non-hydrogen) atoms. The first-order valence-corrected chi connectivity index (χ1v) is 10.5. The molecule has 0 spiro atoms. The number of hydrogen-bond acceptors (Lipinski definition) is 6. The van der Waals surface area contributed by atoms with Crippen LogP contribution < -0.4 is 0 Å². The minimum atomic E-state index is 0.203. The molecule has 0 aliphatic heterocycles. The second kappa shape index (κ2) is 8.85. The fraction of sp³-hybridized carbons (Fsp3) is 0.391. The van der Waals surface area contributed by atoms with E-state index in [2.05, 4.69) is 47.7 Å². The van der Waals surface area contributed by atoms with Crippen molar-refractivity contribution < 1.29 is 4.84 Å². The minimum absolute atomic E-state index is 0.203. The van der Waals surface area contributed by atoms with Crippen molar-refractivity contribution in [2.45, 2.75) is 40.3 Å². The van der Waals surface area contributed by atoms with Gasteiger partial charge in [0.25, 0.3) is 0 Å². The van der Waals surface area contributed by atoms with Crippen LogP contribution in [0.4, 0.5) is 0 Å². The van der Waals surface area contributed by atoms with E-state index in [1.807, 2.05) is 37.3 Å². The van der Waals surface area contributed by atoms with Gasteiger partial charge in [-0.15, -0.1) is 5.10 Å². The van der Waals surface area contributed by atoms with Crippen molar-refractivity contribution in [3.63, 3.8) is 0 Å². The van der Waals surface area contributed by atoms with E-state index >= 15 is 0 Å². The number of fused-ring (bicyclic) bond motifs is 3. The van der Waals surface area contributed by atoms with Gasteiger partial charge in [-0.25, -0.2) is 14.5 Å². The van der Waals surface area contributed by atoms with Gasteiger partial charge in [0.05, 0.1) is 11.1 Å². The van der Waals surface area contributed by atoms with Crippen LogP contribution in [0.2, 0.25) is 0 Å². The summed E-state index contributed by atoms with van der Waals surface area (Å²) in [5.74, 6) is 0.580. The molecule has 0 aliphatic carbocycles. The van der Waals surface area contributed by atoms with E-state index in [0.717, 1.165) is 47.5 Å². The quantitative estimate of drug-likeness (QED) is 0.322. The Morgan fingerprint density at radius 2 is 1.90 bits per heavy atom. The number of oxime groups is 1. The zero-order valence-electron chi connectivity index (χ0n) is 18.8. The van der Waals surface area contributed by atoms with E-state index in [4.69, 9.17) is 14.8 Å². The Balaban J connectivity index is 1.58. The van der Waals surface area contributed by atoms with Crippen LogP contribution in [-0.4, -0.2) is 55.4 Å². The lowest BCUT2D eigenvalue weighted by Gasteiger charge is -2.11. The maximum Gasteiger partial charge on any atom is 0.192 e. The van der Waals surface area contributed by atoms with Crippen LogP contribution >= 0.6 is 0 Å². The molecule has 0 atom stereocenters. The molecule has 0 radical (unpaired) electrons. The van der Waals surface area contributed by atoms with Gasteiger partial charge in [0.1, 0.15) is 12.0 Å². The van der Waals surface area contributed by atoms with Crippen molar-refractivity contribution in [3.05, 3.63) is 59.3 Å². The molecule has 0 bridgehead atoms. The third kappa shape index (κ3) is 4.29. The Kier molecular flexibility index (Phi) is 5.99. The lowest BCUT2D eigenvalue weighted by Crippen LogP contribution is -2.15. The van der Waals surface area contributed by atoms with Crippen molar-refractivity contribution >= 4 is 22.4 Å². The molecule has 0 amide bonds. The number of nitrogens with zero attached hydrogens (tertiary/aromatic N) is 7. The molecule has 0 fully saturated rings. The van der Waals surface area contributed by atoms with Crippen LogP contribution in [0, 0.1) is 13.8 Å². The summed E-state index contributed by atoms with van der Waals surface area (Å²) < 4.78 is 4.01. The Morgan fingerprint density at radius 1 is 1.13 bits per heavy atom. The van der Waals surface area contributed by atoms with Gasteiger partial charge < -0.3 is 14.3 Å². The summed E-state index contributed by atoms with van der Waals surface area (Å²) in [4.78, 5) is 17.2. The Bertz CT molecular complexity index is 1220. The summed E-state index contributed by atoms with van der Waals surface area (Å²) >= 11 is 0. The molecule has 0 unspecified atom stereocenters. The van der Waals surface area contributed by atoms with E-state index in [9.17, 15) is 0 Å². The average molecular weight is 420 g/mol. The van der Waals surface area contributed by atoms with Gasteiger partial charge in [-0.2, -0.15) is 0 Å². The zero-order chi connectivity index (χ0) is 22.0. The molecule has 8 nitrogen and oxygen atoms in total. The summed E-state index contributed by atoms with van der Waals surface area (Å²) in [6.07, 6.45) is 2.79. The van der Waals surface area contributed by atoms with E-state index < -0.39 is 0 Å². The van der Waals surface area contributed by atoms with Gasteiger partial charge in [0, 0.05) is 12.2 Å². The molecule has 8 heteroatoms. The summed E-state index contributed by atoms with van der Waals surface area (Å²) in [5, 5.41) is 9.79. The van der Waals surface area contributed by atoms with Gasteiger partial charge in [-0.1, -0.05) is 35.5 Å². The first-order valence-electron chi connectivity index (χ1n) is 10.5. The number of rotatable bonds is 8. The summed E-state index contributed by atoms with van der Waals surface area (Å²) in [7, 11) is 4.19. The highest BCUT2D eigenvalue weighted by Gasteiger charge is 2.18. The molecule has 0 aliphatic rings. The van der Waals surface area contributed by atoms with Crippen molar-refractivity contribution in [2.24, 2.45) is 5.16 Å². The molecular formula is C23H29N7O. The molecule has 3 aromatic heterocycles. The smallest absolute Gasteiger partial charge is 0.192 e. The van der Waals surface area contributed by atoms with E-state index in [0.29, 0.717) is 5.82 Å². The molecule has 0 saturated carbocycles. The predicted octanol–water partition coefficient (Wildman–Crippen LogP) is 3.59. The van der Waals surface area contributed by atoms with Crippen molar-refractivity contribution in [2.75, 3.05) is 20.6 Å². The standard InChI is InChI=1S/C23H29N7O/c1-16-18(3)29(13-9-12-28(4)5)22-21(16)23-25-20(26-30(23)15-24-22)14-31-27-17(2)19-10-7-6-8-11-19/h6-8,10-11,15H,9,12-14H2,1-5H3. The Labute approximate surface area is 182 Å². The van der Waals surface area contributed by atoms with Gasteiger partial charge in [-0.05, 0) is 59.0 Å². The molecule has 0 saturated heterocycles. The Morgan fingerprint density at radius 3 is 2.65 bits per heavy atom. The van der Waals surface area contributed by atoms with Crippen molar-refractivity contribution in [1.82, 2.24) is 29.0 Å². The van der Waals surface area contributed by atoms with Gasteiger partial charge in [0.15, 0.2) is 18.1 Å². The molecule has 3 heterocycles. The fourth-order valence-corrected chi connectivity index (χ4v) is 3.77. The highest BCUT2D eigenvalue weighted by atomic mass is 16.6. The lowest BCUT2D eigenvalue weighted by molar-refractivity contribution is 0.125. The van der Waals surface area contributed by atoms with Crippen molar-refractivity contribution in [3.8, 4) is 0 Å². The van der Waals surface area contributed by atoms with Gasteiger partial charge in [-0.3, -0.25) is 0 Å². The minimum Gasteiger partial charge on any atom is -0.387 e. The third-order valence-electron chi connectivity index (χ3n) is 5.56. The molecule has 4 rings (SSSR count). The number of aryl methyl sites for hydroxylation is 2. The van der Waals surface area contributed by atoms with Crippen LogP contribution in [-0.2, 0) is 18.0 Å². The second-order valence-corrected chi connectivity index (χ2v) is 8.07. The summed E-state index contributed by atoms with van der Waals surface area (Å²) in [6, 6.07) is 9.94. The predicted molar refractivity (Wildman–Crippen MR) is 122 cm³/mol. The highest BCUT2D eigenvalue weighted by Crippen LogP contribution is 2.27. The maximum atomic E-state index is 5.53. The number of benzene rings is 1. The third-order valence-corrected chi connectivity index (χ3v) is 5.56. The normalized spacial score (nSPS) is 12.4. The average Bonchev–Trinajstić information content (AvgIpc) is 3.28. The number of aromatic nitrogens is 5. The molecule has 4 aromatic rings. The molecule has 162 valence electrons. The largest absolute Gasteiger partial charge is 0.387 e. The van der Waals surface area contributed by atoms with Crippen LogP contribution in [0.25, 0.3) is 16.7 Å². The van der Waals surface area contributed by atoms with E-state index in [1.54, 1.807) is 10.8 Å². The summed E-state index contributed by atoms with van der Waals surface area (Å²) in [5.41, 5.74) is 6.01. The van der Waals surface area contributed by atoms with Crippen LogP contribution in [0.15, 0.2) is 41.8 Å². The van der Waals surface area contributed by atoms with Gasteiger partial charge >= 0.3 is 0 Å². The zero-order valence-corrected chi connectivity index (χ0v) is 18.8. The van der Waals surface area contributed by atoms with Crippen molar-refractivity contribution in [1.29, 1.82) is 0 Å². The van der Waals surface area contributed by atoms with Crippen LogP contribution in [0.3, 0.4) is 0 Å². The monoisotopic (exact) mass is 419 g/mol. The maximum absolute atomic E-state index is 5.53. The Hall–Kier alpha value is -3.26. The first kappa shape index (κ1) is 21.0. The second-order valence-electron chi connectivity index (χ2n) is 8.07. The molecular weight excluding hydrogens is 390 g/mol. The lowest BCUT2D eigenvalue weighted by atomic mass is 10.1. The van der Waals surface area contributed by atoms with Gasteiger partial charge in [0.2, 0.25) is 0 Å². The SMILES string of the molecule is CC(=NOCc1nc2c3c(C)c(C)n(CCCN(C)C)c3ncn2n1)c1ccccc1. The van der Waals surface area contributed by atoms with Crippen LogP contribution in [0.5, 0.6) is 0 Å². The summed E-state index contributed by atoms with van der Waals surface area (Å²) in [6.45, 7) is 8.36. The van der Waals surface area contributed by atoms with E-state index in [-0.39, 0.29) is 6.61 Å². The number of hydrogen-bond donors (Lipinski definition) is 0. The van der Waals surface area contributed by atoms with Crippen LogP contribution in [0.1, 0.15) is 36.0 Å². The molecule has 1 aromatic carbocycles. The first-order chi connectivity index (χ1) is 15.0.